The zero-order valence-corrected chi connectivity index (χ0v) is 45.5. The van der Waals surface area contributed by atoms with Crippen LogP contribution in [-0.2, 0) is 0 Å². The first-order chi connectivity index (χ1) is 41.2. The second kappa shape index (κ2) is 18.5. The van der Waals surface area contributed by atoms with Crippen LogP contribution in [0.4, 0.5) is 34.1 Å². The van der Waals surface area contributed by atoms with Gasteiger partial charge in [-0.25, -0.2) is 9.97 Å². The highest BCUT2D eigenvalue weighted by molar-refractivity contribution is 7.22. The number of oxazole rings is 2. The summed E-state index contributed by atoms with van der Waals surface area (Å²) < 4.78 is 29.0. The van der Waals surface area contributed by atoms with Gasteiger partial charge in [0, 0.05) is 55.2 Å². The van der Waals surface area contributed by atoms with Crippen molar-refractivity contribution in [2.75, 3.05) is 9.80 Å². The standard InChI is InChI=1S/C74H46N4O4Si/c1-7-25-47(26-8-1)73-75-67-59(77(49-29-11-3-12-30-49)57-41-23-39-55-53-37-19-21-43-61(53)79-69(55)57)45-63-65(71(67)81-73)66-64(83(63,51-33-15-5-16-34-51)52-35-17-6-18-36-52)46-60(68-72(66)82-74(76-68)48-27-9-2-10-28-48)78(50-31-13-4-14-32-50)58-42-24-40-56-54-38-20-22-44-62(54)80-70(56)58/h1-46H. The molecule has 0 fully saturated rings. The Kier molecular flexibility index (Phi) is 10.5. The number of furan rings is 2. The van der Waals surface area contributed by atoms with Crippen molar-refractivity contribution < 1.29 is 17.7 Å². The van der Waals surface area contributed by atoms with E-state index in [9.17, 15) is 0 Å². The number of nitrogens with zero attached hydrogens (tertiary/aromatic N) is 4. The predicted octanol–water partition coefficient (Wildman–Crippen LogP) is 17.4. The van der Waals surface area contributed by atoms with E-state index in [0.29, 0.717) is 34.0 Å². The largest absolute Gasteiger partial charge is 0.454 e. The number of hydrogen-bond acceptors (Lipinski definition) is 8. The lowest BCUT2D eigenvalue weighted by molar-refractivity contribution is 0.617. The molecular weight excluding hydrogens is 1040 g/mol. The van der Waals surface area contributed by atoms with Gasteiger partial charge in [-0.3, -0.25) is 0 Å². The van der Waals surface area contributed by atoms with Crippen LogP contribution in [0.1, 0.15) is 0 Å². The van der Waals surface area contributed by atoms with Gasteiger partial charge in [0.05, 0.1) is 22.7 Å². The van der Waals surface area contributed by atoms with Crippen molar-refractivity contribution in [1.29, 1.82) is 0 Å². The average Bonchev–Trinajstić information content (AvgIpc) is 1.74. The van der Waals surface area contributed by atoms with Crippen LogP contribution in [0.15, 0.2) is 297 Å². The highest BCUT2D eigenvalue weighted by Gasteiger charge is 2.53. The van der Waals surface area contributed by atoms with E-state index in [-0.39, 0.29) is 0 Å². The van der Waals surface area contributed by atoms with Crippen molar-refractivity contribution >= 4 is 129 Å². The van der Waals surface area contributed by atoms with Gasteiger partial charge in [-0.2, -0.15) is 0 Å². The van der Waals surface area contributed by atoms with E-state index in [1.807, 2.05) is 60.7 Å². The van der Waals surface area contributed by atoms with Gasteiger partial charge in [0.25, 0.3) is 0 Å². The molecule has 8 nitrogen and oxygen atoms in total. The molecule has 0 saturated heterocycles. The van der Waals surface area contributed by atoms with Crippen LogP contribution in [0, 0.1) is 0 Å². The third-order valence-corrected chi connectivity index (χ3v) is 21.4. The van der Waals surface area contributed by atoms with Gasteiger partial charge >= 0.3 is 0 Å². The molecular formula is C74H46N4O4Si. The quantitative estimate of drug-likeness (QED) is 0.125. The summed E-state index contributed by atoms with van der Waals surface area (Å²) in [6, 6.07) is 97.8. The lowest BCUT2D eigenvalue weighted by atomic mass is 10.0. The zero-order valence-electron chi connectivity index (χ0n) is 44.5. The number of benzene rings is 12. The lowest BCUT2D eigenvalue weighted by Crippen LogP contribution is -2.72. The minimum absolute atomic E-state index is 0.495. The van der Waals surface area contributed by atoms with Crippen LogP contribution in [0.3, 0.4) is 0 Å². The van der Waals surface area contributed by atoms with Crippen molar-refractivity contribution in [3.63, 3.8) is 0 Å². The molecule has 0 spiro atoms. The fourth-order valence-corrected chi connectivity index (χ4v) is 18.2. The first-order valence-corrected chi connectivity index (χ1v) is 29.9. The van der Waals surface area contributed by atoms with Gasteiger partial charge in [-0.1, -0.05) is 194 Å². The Morgan fingerprint density at radius 3 is 1.05 bits per heavy atom. The third-order valence-electron chi connectivity index (χ3n) is 16.6. The molecule has 1 aliphatic rings. The number of aromatic nitrogens is 2. The molecule has 0 atom stereocenters. The Hall–Kier alpha value is -11.0. The molecule has 0 saturated carbocycles. The van der Waals surface area contributed by atoms with E-state index in [0.717, 1.165) is 111 Å². The van der Waals surface area contributed by atoms with E-state index >= 15 is 0 Å². The Bertz CT molecular complexity index is 4830. The van der Waals surface area contributed by atoms with Gasteiger partial charge in [0.15, 0.2) is 30.4 Å². The topological polar surface area (TPSA) is 84.8 Å². The first kappa shape index (κ1) is 46.9. The van der Waals surface area contributed by atoms with E-state index in [1.165, 1.54) is 10.4 Å². The molecule has 83 heavy (non-hydrogen) atoms. The molecule has 16 aromatic rings. The maximum atomic E-state index is 7.53. The summed E-state index contributed by atoms with van der Waals surface area (Å²) in [4.78, 5) is 15.9. The van der Waals surface area contributed by atoms with Crippen molar-refractivity contribution in [2.45, 2.75) is 0 Å². The van der Waals surface area contributed by atoms with E-state index in [4.69, 9.17) is 27.6 Å². The Morgan fingerprint density at radius 1 is 0.289 bits per heavy atom. The van der Waals surface area contributed by atoms with Crippen molar-refractivity contribution in [1.82, 2.24) is 9.97 Å². The highest BCUT2D eigenvalue weighted by Crippen LogP contribution is 2.52. The van der Waals surface area contributed by atoms with Crippen LogP contribution in [0.5, 0.6) is 0 Å². The predicted molar refractivity (Wildman–Crippen MR) is 339 cm³/mol. The van der Waals surface area contributed by atoms with Gasteiger partial charge in [-0.05, 0) is 106 Å². The van der Waals surface area contributed by atoms with Crippen molar-refractivity contribution in [2.24, 2.45) is 0 Å². The minimum atomic E-state index is -3.59. The molecule has 1 aliphatic heterocycles. The number of anilines is 6. The molecule has 390 valence electrons. The number of fused-ring (bicyclic) bond motifs is 13. The summed E-state index contributed by atoms with van der Waals surface area (Å²) in [5.74, 6) is 0.991. The molecule has 0 bridgehead atoms. The second-order valence-electron chi connectivity index (χ2n) is 21.1. The van der Waals surface area contributed by atoms with Crippen molar-refractivity contribution in [3.8, 4) is 34.0 Å². The van der Waals surface area contributed by atoms with Crippen molar-refractivity contribution in [3.05, 3.63) is 279 Å². The second-order valence-corrected chi connectivity index (χ2v) is 24.8. The summed E-state index contributed by atoms with van der Waals surface area (Å²) >= 11 is 0. The Balaban J connectivity index is 1.06. The summed E-state index contributed by atoms with van der Waals surface area (Å²) in [6.45, 7) is 0. The van der Waals surface area contributed by atoms with Gasteiger partial charge in [-0.15, -0.1) is 0 Å². The Labute approximate surface area is 477 Å². The molecule has 12 aromatic carbocycles. The highest BCUT2D eigenvalue weighted by atomic mass is 28.3. The van der Waals surface area contributed by atoms with Gasteiger partial charge < -0.3 is 27.5 Å². The van der Waals surface area contributed by atoms with Crippen LogP contribution >= 0.6 is 0 Å². The third kappa shape index (κ3) is 7.05. The zero-order chi connectivity index (χ0) is 54.6. The fourth-order valence-electron chi connectivity index (χ4n) is 13.1. The molecule has 0 radical (unpaired) electrons. The summed E-state index contributed by atoms with van der Waals surface area (Å²) in [7, 11) is -3.59. The summed E-state index contributed by atoms with van der Waals surface area (Å²) in [5.41, 5.74) is 14.6. The number of para-hydroxylation sites is 6. The maximum absolute atomic E-state index is 7.53. The molecule has 0 aliphatic carbocycles. The van der Waals surface area contributed by atoms with Crippen LogP contribution < -0.4 is 30.5 Å². The van der Waals surface area contributed by atoms with E-state index in [1.54, 1.807) is 0 Å². The Morgan fingerprint density at radius 2 is 0.639 bits per heavy atom. The van der Waals surface area contributed by atoms with Gasteiger partial charge in [0.1, 0.15) is 22.2 Å². The molecule has 0 unspecified atom stereocenters. The van der Waals surface area contributed by atoms with Crippen LogP contribution in [0.2, 0.25) is 0 Å². The van der Waals surface area contributed by atoms with Crippen LogP contribution in [-0.4, -0.2) is 18.0 Å². The van der Waals surface area contributed by atoms with E-state index in [2.05, 4.69) is 228 Å². The SMILES string of the molecule is c1ccc(-c2nc3c(N(c4ccccc4)c4cccc5c4oc4ccccc45)cc4c(c3o2)-c2c(cc(N(c3ccccc3)c3cccc5c3oc3ccccc35)c3nc(-c5ccccc5)oc23)[Si]4(c2ccccc2)c2ccccc2)cc1. The maximum Gasteiger partial charge on any atom is 0.227 e. The smallest absolute Gasteiger partial charge is 0.227 e. The average molecular weight is 1080 g/mol. The molecule has 5 heterocycles. The van der Waals surface area contributed by atoms with Gasteiger partial charge in [0.2, 0.25) is 11.8 Å². The summed E-state index contributed by atoms with van der Waals surface area (Å²) in [6.07, 6.45) is 0. The van der Waals surface area contributed by atoms with E-state index < -0.39 is 8.07 Å². The molecule has 0 N–H and O–H groups in total. The monoisotopic (exact) mass is 1080 g/mol. The molecule has 4 aromatic heterocycles. The normalized spacial score (nSPS) is 12.7. The number of rotatable bonds is 10. The molecule has 0 amide bonds. The summed E-state index contributed by atoms with van der Waals surface area (Å²) in [5, 5.41) is 8.71. The molecule has 17 rings (SSSR count). The minimum Gasteiger partial charge on any atom is -0.454 e. The number of hydrogen-bond donors (Lipinski definition) is 0. The first-order valence-electron chi connectivity index (χ1n) is 27.9. The van der Waals surface area contributed by atoms with Crippen LogP contribution in [0.25, 0.3) is 100 Å². The molecule has 9 heteroatoms. The lowest BCUT2D eigenvalue weighted by Gasteiger charge is -2.33. The fraction of sp³-hybridized carbons (Fsp3) is 0.